The number of aliphatic hydroxyl groups excluding tert-OH is 1. The van der Waals surface area contributed by atoms with Crippen molar-refractivity contribution >= 4 is 12.1 Å². The molecule has 0 bridgehead atoms. The van der Waals surface area contributed by atoms with E-state index in [4.69, 9.17) is 0 Å². The maximum atomic E-state index is 14.7. The Hall–Kier alpha value is -3.37. The maximum absolute atomic E-state index is 14.7. The fourth-order valence-electron chi connectivity index (χ4n) is 4.52. The molecule has 3 atom stereocenters. The lowest BCUT2D eigenvalue weighted by molar-refractivity contribution is -0.109. The van der Waals surface area contributed by atoms with Crippen molar-refractivity contribution in [2.45, 2.75) is 64.4 Å². The molecule has 2 aliphatic rings. The third kappa shape index (κ3) is 7.35. The van der Waals surface area contributed by atoms with Crippen LogP contribution in [0.15, 0.2) is 43.0 Å². The molecule has 2 fully saturated rings. The van der Waals surface area contributed by atoms with Crippen LogP contribution in [0.2, 0.25) is 0 Å². The van der Waals surface area contributed by atoms with Crippen LogP contribution in [0.1, 0.15) is 37.3 Å². The van der Waals surface area contributed by atoms with Gasteiger partial charge in [-0.1, -0.05) is 0 Å². The molecule has 3 heterocycles. The van der Waals surface area contributed by atoms with Crippen LogP contribution in [0.4, 0.5) is 14.5 Å². The minimum absolute atomic E-state index is 0.232. The number of likely N-dealkylation sites (tertiary alicyclic amines) is 1. The number of amides is 1. The fraction of sp³-hybridized carbons (Fsp3) is 0.464. The molecule has 0 spiro atoms. The smallest absolute Gasteiger partial charge is 0.207 e. The van der Waals surface area contributed by atoms with Crippen molar-refractivity contribution in [1.29, 1.82) is 0 Å². The van der Waals surface area contributed by atoms with Gasteiger partial charge in [-0.05, 0) is 69.4 Å². The van der Waals surface area contributed by atoms with Crippen molar-refractivity contribution < 1.29 is 18.7 Å². The summed E-state index contributed by atoms with van der Waals surface area (Å²) in [5.41, 5.74) is 4.66. The minimum Gasteiger partial charge on any atom is -0.392 e. The molecule has 1 saturated heterocycles. The Morgan fingerprint density at radius 1 is 1.13 bits per heavy atom. The molecule has 1 amide bonds. The summed E-state index contributed by atoms with van der Waals surface area (Å²) in [5.74, 6) is -0.232. The number of pyridine rings is 1. The second-order valence-electron chi connectivity index (χ2n) is 10.2. The summed E-state index contributed by atoms with van der Waals surface area (Å²) >= 11 is 0. The summed E-state index contributed by atoms with van der Waals surface area (Å²) < 4.78 is 30.2. The number of piperidine rings is 1. The highest BCUT2D eigenvalue weighted by Gasteiger charge is 2.29. The molecule has 2 unspecified atom stereocenters. The summed E-state index contributed by atoms with van der Waals surface area (Å²) in [6, 6.07) is 5.46. The van der Waals surface area contributed by atoms with Crippen LogP contribution in [0.5, 0.6) is 0 Å². The van der Waals surface area contributed by atoms with Gasteiger partial charge in [0.15, 0.2) is 0 Å². The first kappa shape index (κ1) is 27.7. The predicted molar refractivity (Wildman–Crippen MR) is 143 cm³/mol. The van der Waals surface area contributed by atoms with Gasteiger partial charge in [-0.2, -0.15) is 5.10 Å². The molecule has 10 heteroatoms. The summed E-state index contributed by atoms with van der Waals surface area (Å²) in [6.07, 6.45) is 9.34. The number of β-amino-alcohol motifs (C(OH)–C–C–N with tert-alkyl or cyclic N) is 1. The molecule has 1 aliphatic carbocycles. The highest BCUT2D eigenvalue weighted by Crippen LogP contribution is 2.26. The maximum Gasteiger partial charge on any atom is 0.207 e. The first-order chi connectivity index (χ1) is 18.2. The fourth-order valence-corrected chi connectivity index (χ4v) is 4.52. The number of carbonyl (C=O) groups is 1. The van der Waals surface area contributed by atoms with E-state index in [0.29, 0.717) is 31.1 Å². The molecule has 1 saturated carbocycles. The summed E-state index contributed by atoms with van der Waals surface area (Å²) in [6.45, 7) is 6.83. The Bertz CT molecular complexity index is 1230. The van der Waals surface area contributed by atoms with E-state index in [-0.39, 0.29) is 11.9 Å². The van der Waals surface area contributed by atoms with E-state index in [9.17, 15) is 18.7 Å². The quantitative estimate of drug-likeness (QED) is 0.387. The number of aromatic nitrogens is 3. The largest absolute Gasteiger partial charge is 0.392 e. The molecule has 8 nitrogen and oxygen atoms in total. The molecule has 3 N–H and O–H groups in total. The average molecular weight is 527 g/mol. The van der Waals surface area contributed by atoms with Gasteiger partial charge in [0.05, 0.1) is 29.7 Å². The van der Waals surface area contributed by atoms with E-state index in [1.807, 2.05) is 24.1 Å². The Kier molecular flexibility index (Phi) is 9.06. The Morgan fingerprint density at radius 3 is 2.58 bits per heavy atom. The second-order valence-corrected chi connectivity index (χ2v) is 10.2. The Balaban J connectivity index is 0.000000494. The number of anilines is 1. The first-order valence-electron chi connectivity index (χ1n) is 13.0. The zero-order valence-corrected chi connectivity index (χ0v) is 22.1. The van der Waals surface area contributed by atoms with Crippen LogP contribution in [0, 0.1) is 19.7 Å². The van der Waals surface area contributed by atoms with Gasteiger partial charge in [0.2, 0.25) is 6.41 Å². The number of alkyl halides is 1. The van der Waals surface area contributed by atoms with E-state index in [1.165, 1.54) is 18.9 Å². The molecule has 38 heavy (non-hydrogen) atoms. The standard InChI is InChI=1S/C24H29F2N5O.C4H7NO/c1-15-7-24(16(2)6-21(15)25)31-13-19(10-28-31)18-8-20(11-27-9-18)29-23-4-5-30(12-17(3)32)14-22(23)26;6-3-5-4-1-2-4/h6-11,13,17,22-23,29,32H,4-5,12,14H2,1-3H3;3-4H,1-2H2,(H,5,6)/t17-,22?,23?;/m0./s1. The number of rotatable bonds is 8. The monoisotopic (exact) mass is 526 g/mol. The molecule has 5 rings (SSSR count). The third-order valence-corrected chi connectivity index (χ3v) is 6.76. The predicted octanol–water partition coefficient (Wildman–Crippen LogP) is 3.79. The van der Waals surface area contributed by atoms with E-state index < -0.39 is 12.3 Å². The normalized spacial score (nSPS) is 20.3. The van der Waals surface area contributed by atoms with Gasteiger partial charge in [0.25, 0.3) is 0 Å². The van der Waals surface area contributed by atoms with Gasteiger partial charge in [-0.3, -0.25) is 14.7 Å². The summed E-state index contributed by atoms with van der Waals surface area (Å²) in [4.78, 5) is 15.8. The number of hydrogen-bond donors (Lipinski definition) is 3. The molecule has 0 radical (unpaired) electrons. The van der Waals surface area contributed by atoms with Crippen molar-refractivity contribution in [3.05, 3.63) is 59.9 Å². The van der Waals surface area contributed by atoms with E-state index >= 15 is 0 Å². The molecule has 1 aliphatic heterocycles. The number of halogens is 2. The zero-order valence-electron chi connectivity index (χ0n) is 22.1. The molecular formula is C28H36F2N6O2. The average Bonchev–Trinajstić information content (AvgIpc) is 3.56. The number of nitrogens with zero attached hydrogens (tertiary/aromatic N) is 4. The van der Waals surface area contributed by atoms with Gasteiger partial charge < -0.3 is 15.7 Å². The van der Waals surface area contributed by atoms with Crippen LogP contribution in [-0.2, 0) is 4.79 Å². The van der Waals surface area contributed by atoms with Crippen molar-refractivity contribution in [1.82, 2.24) is 25.0 Å². The van der Waals surface area contributed by atoms with Gasteiger partial charge in [0.1, 0.15) is 12.0 Å². The lowest BCUT2D eigenvalue weighted by Gasteiger charge is -2.36. The number of aryl methyl sites for hydroxylation is 2. The molecule has 1 aromatic carbocycles. The Labute approximate surface area is 222 Å². The van der Waals surface area contributed by atoms with Gasteiger partial charge in [-0.25, -0.2) is 13.5 Å². The SMILES string of the molecule is Cc1cc(-n2cc(-c3cncc(NC4CCN(C[C@H](C)O)CC4F)c3)cn2)c(C)cc1F.O=CNC1CC1. The molecular weight excluding hydrogens is 490 g/mol. The minimum atomic E-state index is -1.03. The highest BCUT2D eigenvalue weighted by molar-refractivity contribution is 5.66. The van der Waals surface area contributed by atoms with Crippen LogP contribution in [0.25, 0.3) is 16.8 Å². The van der Waals surface area contributed by atoms with Gasteiger partial charge in [0, 0.05) is 55.4 Å². The van der Waals surface area contributed by atoms with Gasteiger partial charge >= 0.3 is 0 Å². The highest BCUT2D eigenvalue weighted by atomic mass is 19.1. The van der Waals surface area contributed by atoms with E-state index in [0.717, 1.165) is 41.0 Å². The second kappa shape index (κ2) is 12.4. The van der Waals surface area contributed by atoms with Crippen LogP contribution in [0.3, 0.4) is 0 Å². The molecule has 3 aromatic rings. The first-order valence-corrected chi connectivity index (χ1v) is 13.0. The number of nitrogens with one attached hydrogen (secondary N) is 2. The van der Waals surface area contributed by atoms with Crippen molar-refractivity contribution in [2.24, 2.45) is 0 Å². The lowest BCUT2D eigenvalue weighted by atomic mass is 10.0. The summed E-state index contributed by atoms with van der Waals surface area (Å²) in [7, 11) is 0. The van der Waals surface area contributed by atoms with Crippen molar-refractivity contribution in [3.8, 4) is 16.8 Å². The van der Waals surface area contributed by atoms with Gasteiger partial charge in [-0.15, -0.1) is 0 Å². The number of carbonyl (C=O) groups excluding carboxylic acids is 1. The van der Waals surface area contributed by atoms with E-state index in [2.05, 4.69) is 20.7 Å². The Morgan fingerprint density at radius 2 is 1.92 bits per heavy atom. The number of benzene rings is 1. The van der Waals surface area contributed by atoms with E-state index in [1.54, 1.807) is 43.2 Å². The zero-order chi connectivity index (χ0) is 27.2. The third-order valence-electron chi connectivity index (χ3n) is 6.76. The number of hydrogen-bond acceptors (Lipinski definition) is 6. The van der Waals surface area contributed by atoms with Crippen molar-refractivity contribution in [2.75, 3.05) is 25.0 Å². The van der Waals surface area contributed by atoms with Crippen molar-refractivity contribution in [3.63, 3.8) is 0 Å². The van der Waals surface area contributed by atoms with Crippen LogP contribution in [-0.4, -0.2) is 75.2 Å². The van der Waals surface area contributed by atoms with Crippen LogP contribution < -0.4 is 10.6 Å². The number of aliphatic hydroxyl groups is 1. The summed E-state index contributed by atoms with van der Waals surface area (Å²) in [5, 5.41) is 19.9. The lowest BCUT2D eigenvalue weighted by Crippen LogP contribution is -2.49. The topological polar surface area (TPSA) is 95.3 Å². The van der Waals surface area contributed by atoms with Crippen LogP contribution >= 0.6 is 0 Å². The molecule has 204 valence electrons. The molecule has 2 aromatic heterocycles.